The number of ketones is 1. The molecule has 0 radical (unpaired) electrons. The Bertz CT molecular complexity index is 845. The third-order valence-electron chi connectivity index (χ3n) is 3.43. The van der Waals surface area contributed by atoms with Crippen LogP contribution in [0.15, 0.2) is 36.4 Å². The molecule has 4 nitrogen and oxygen atoms in total. The van der Waals surface area contributed by atoms with E-state index >= 15 is 0 Å². The number of esters is 1. The lowest BCUT2D eigenvalue weighted by molar-refractivity contribution is 0.0603. The normalized spacial score (nSPS) is 10.9. The Morgan fingerprint density at radius 1 is 1.10 bits per heavy atom. The van der Waals surface area contributed by atoms with Gasteiger partial charge in [-0.05, 0) is 25.1 Å². The molecule has 0 aliphatic carbocycles. The van der Waals surface area contributed by atoms with Gasteiger partial charge in [0.25, 0.3) is 0 Å². The van der Waals surface area contributed by atoms with Crippen LogP contribution < -0.4 is 0 Å². The van der Waals surface area contributed by atoms with Gasteiger partial charge in [-0.1, -0.05) is 18.2 Å². The number of methoxy groups -OCH3 is 1. The highest BCUT2D eigenvalue weighted by molar-refractivity contribution is 6.16. The number of ether oxygens (including phenoxy) is 1. The van der Waals surface area contributed by atoms with Crippen LogP contribution in [0.5, 0.6) is 0 Å². The summed E-state index contributed by atoms with van der Waals surface area (Å²) in [7, 11) is 1.33. The molecule has 0 saturated carbocycles. The number of aromatic nitrogens is 1. The lowest BCUT2D eigenvalue weighted by Crippen LogP contribution is -2.04. The van der Waals surface area contributed by atoms with Crippen molar-refractivity contribution in [2.45, 2.75) is 6.92 Å². The van der Waals surface area contributed by atoms with E-state index in [4.69, 9.17) is 4.74 Å². The van der Waals surface area contributed by atoms with Crippen molar-refractivity contribution in [1.82, 2.24) is 4.98 Å². The van der Waals surface area contributed by atoms with Crippen LogP contribution in [0.25, 0.3) is 21.8 Å². The lowest BCUT2D eigenvalue weighted by atomic mass is 10.0. The summed E-state index contributed by atoms with van der Waals surface area (Å²) >= 11 is 0. The number of Topliss-reactive ketones (excluding diaryl/α,β-unsaturated/α-hetero) is 1. The summed E-state index contributed by atoms with van der Waals surface area (Å²) in [6, 6.07) is 11.1. The number of aromatic amines is 1. The van der Waals surface area contributed by atoms with Gasteiger partial charge in [-0.2, -0.15) is 0 Å². The molecule has 0 unspecified atom stereocenters. The molecule has 0 spiro atoms. The lowest BCUT2D eigenvalue weighted by Gasteiger charge is -2.04. The highest BCUT2D eigenvalue weighted by Crippen LogP contribution is 2.29. The van der Waals surface area contributed by atoms with E-state index in [2.05, 4.69) is 4.98 Å². The Balaban J connectivity index is 2.46. The Morgan fingerprint density at radius 3 is 2.55 bits per heavy atom. The van der Waals surface area contributed by atoms with Gasteiger partial charge in [0.15, 0.2) is 5.78 Å². The standard InChI is InChI=1S/C16H13NO3/c1-9(18)10-7-12-11-5-3-4-6-14(11)17-15(12)13(8-10)16(19)20-2/h3-8,17H,1-2H3. The molecule has 2 aromatic carbocycles. The number of rotatable bonds is 2. The van der Waals surface area contributed by atoms with E-state index in [0.717, 1.165) is 16.3 Å². The van der Waals surface area contributed by atoms with Crippen molar-refractivity contribution in [1.29, 1.82) is 0 Å². The van der Waals surface area contributed by atoms with Crippen LogP contribution in [0.4, 0.5) is 0 Å². The summed E-state index contributed by atoms with van der Waals surface area (Å²) in [6.07, 6.45) is 0. The van der Waals surface area contributed by atoms with Crippen LogP contribution in [-0.2, 0) is 4.74 Å². The number of carbonyl (C=O) groups is 2. The Kier molecular flexibility index (Phi) is 2.79. The van der Waals surface area contributed by atoms with E-state index < -0.39 is 5.97 Å². The average Bonchev–Trinajstić information content (AvgIpc) is 2.84. The first kappa shape index (κ1) is 12.4. The summed E-state index contributed by atoms with van der Waals surface area (Å²) in [5.74, 6) is -0.535. The highest BCUT2D eigenvalue weighted by Gasteiger charge is 2.17. The summed E-state index contributed by atoms with van der Waals surface area (Å²) in [5.41, 5.74) is 2.51. The van der Waals surface area contributed by atoms with Crippen molar-refractivity contribution in [2.75, 3.05) is 7.11 Å². The Hall–Kier alpha value is -2.62. The molecule has 4 heteroatoms. The molecule has 0 atom stereocenters. The number of H-pyrrole nitrogens is 1. The third-order valence-corrected chi connectivity index (χ3v) is 3.43. The topological polar surface area (TPSA) is 59.2 Å². The smallest absolute Gasteiger partial charge is 0.340 e. The minimum absolute atomic E-state index is 0.0812. The van der Waals surface area contributed by atoms with Crippen molar-refractivity contribution < 1.29 is 14.3 Å². The van der Waals surface area contributed by atoms with Crippen LogP contribution in [0.3, 0.4) is 0 Å². The molecule has 0 aliphatic rings. The quantitative estimate of drug-likeness (QED) is 0.572. The number of nitrogens with one attached hydrogen (secondary N) is 1. The van der Waals surface area contributed by atoms with Crippen molar-refractivity contribution >= 4 is 33.6 Å². The largest absolute Gasteiger partial charge is 0.465 e. The van der Waals surface area contributed by atoms with E-state index in [-0.39, 0.29) is 5.78 Å². The maximum absolute atomic E-state index is 11.9. The molecule has 1 heterocycles. The average molecular weight is 267 g/mol. The highest BCUT2D eigenvalue weighted by atomic mass is 16.5. The summed E-state index contributed by atoms with van der Waals surface area (Å²) in [5, 5.41) is 1.84. The number of para-hydroxylation sites is 1. The molecular weight excluding hydrogens is 254 g/mol. The van der Waals surface area contributed by atoms with E-state index in [1.165, 1.54) is 14.0 Å². The van der Waals surface area contributed by atoms with E-state index in [1.807, 2.05) is 30.3 Å². The van der Waals surface area contributed by atoms with E-state index in [9.17, 15) is 9.59 Å². The predicted molar refractivity (Wildman–Crippen MR) is 77.1 cm³/mol. The first-order valence-corrected chi connectivity index (χ1v) is 6.25. The van der Waals surface area contributed by atoms with Crippen molar-refractivity contribution in [3.63, 3.8) is 0 Å². The van der Waals surface area contributed by atoms with Gasteiger partial charge in [-0.3, -0.25) is 4.79 Å². The van der Waals surface area contributed by atoms with Crippen LogP contribution >= 0.6 is 0 Å². The number of fused-ring (bicyclic) bond motifs is 3. The first-order chi connectivity index (χ1) is 9.61. The third kappa shape index (κ3) is 1.77. The Morgan fingerprint density at radius 2 is 1.85 bits per heavy atom. The maximum atomic E-state index is 11.9. The molecule has 3 aromatic rings. The minimum atomic E-state index is -0.454. The zero-order valence-corrected chi connectivity index (χ0v) is 11.2. The van der Waals surface area contributed by atoms with Gasteiger partial charge in [0.1, 0.15) is 0 Å². The first-order valence-electron chi connectivity index (χ1n) is 6.25. The molecular formula is C16H13NO3. The maximum Gasteiger partial charge on any atom is 0.340 e. The zero-order valence-electron chi connectivity index (χ0n) is 11.2. The molecule has 3 rings (SSSR count). The van der Waals surface area contributed by atoms with Crippen LogP contribution in [0.2, 0.25) is 0 Å². The molecule has 0 aliphatic heterocycles. The SMILES string of the molecule is COC(=O)c1cc(C(C)=O)cc2c1[nH]c1ccccc12. The minimum Gasteiger partial charge on any atom is -0.465 e. The van der Waals surface area contributed by atoms with Gasteiger partial charge in [0, 0.05) is 21.9 Å². The molecule has 20 heavy (non-hydrogen) atoms. The van der Waals surface area contributed by atoms with Crippen LogP contribution in [0, 0.1) is 0 Å². The molecule has 0 bridgehead atoms. The van der Waals surface area contributed by atoms with Crippen molar-refractivity contribution in [3.8, 4) is 0 Å². The number of benzene rings is 2. The van der Waals surface area contributed by atoms with Crippen LogP contribution in [-0.4, -0.2) is 23.8 Å². The second-order valence-electron chi connectivity index (χ2n) is 4.66. The van der Waals surface area contributed by atoms with Gasteiger partial charge in [-0.25, -0.2) is 4.79 Å². The monoisotopic (exact) mass is 267 g/mol. The molecule has 0 amide bonds. The number of carbonyl (C=O) groups excluding carboxylic acids is 2. The fourth-order valence-electron chi connectivity index (χ4n) is 2.43. The summed E-state index contributed by atoms with van der Waals surface area (Å²) in [6.45, 7) is 1.48. The number of hydrogen-bond acceptors (Lipinski definition) is 3. The van der Waals surface area contributed by atoms with Gasteiger partial charge in [0.2, 0.25) is 0 Å². The zero-order chi connectivity index (χ0) is 14.3. The van der Waals surface area contributed by atoms with Gasteiger partial charge >= 0.3 is 5.97 Å². The fourth-order valence-corrected chi connectivity index (χ4v) is 2.43. The van der Waals surface area contributed by atoms with Gasteiger partial charge in [-0.15, -0.1) is 0 Å². The molecule has 0 fully saturated rings. The van der Waals surface area contributed by atoms with E-state index in [1.54, 1.807) is 6.07 Å². The van der Waals surface area contributed by atoms with Gasteiger partial charge < -0.3 is 9.72 Å². The Labute approximate surface area is 115 Å². The summed E-state index contributed by atoms with van der Waals surface area (Å²) in [4.78, 5) is 26.8. The number of hydrogen-bond donors (Lipinski definition) is 1. The second kappa shape index (κ2) is 4.49. The molecule has 0 saturated heterocycles. The van der Waals surface area contributed by atoms with Crippen molar-refractivity contribution in [2.24, 2.45) is 0 Å². The predicted octanol–water partition coefficient (Wildman–Crippen LogP) is 3.31. The van der Waals surface area contributed by atoms with E-state index in [0.29, 0.717) is 16.6 Å². The fraction of sp³-hybridized carbons (Fsp3) is 0.125. The summed E-state index contributed by atoms with van der Waals surface area (Å²) < 4.78 is 4.80. The second-order valence-corrected chi connectivity index (χ2v) is 4.66. The van der Waals surface area contributed by atoms with Crippen molar-refractivity contribution in [3.05, 3.63) is 47.5 Å². The molecule has 1 aromatic heterocycles. The van der Waals surface area contributed by atoms with Crippen LogP contribution in [0.1, 0.15) is 27.6 Å². The molecule has 100 valence electrons. The molecule has 1 N–H and O–H groups in total. The van der Waals surface area contributed by atoms with Gasteiger partial charge in [0.05, 0.1) is 18.2 Å².